The second-order valence-electron chi connectivity index (χ2n) is 5.59. The van der Waals surface area contributed by atoms with Gasteiger partial charge in [0.15, 0.2) is 0 Å². The highest BCUT2D eigenvalue weighted by Gasteiger charge is 2.46. The molecule has 128 valence electrons. The van der Waals surface area contributed by atoms with Crippen LogP contribution in [0.15, 0.2) is 0 Å². The predicted molar refractivity (Wildman–Crippen MR) is 86.7 cm³/mol. The Kier molecular flexibility index (Phi) is 9.43. The van der Waals surface area contributed by atoms with Crippen LogP contribution in [0.25, 0.3) is 0 Å². The number of hydrogen-bond acceptors (Lipinski definition) is 3. The molecule has 10 heteroatoms. The molecule has 0 bridgehead atoms. The summed E-state index contributed by atoms with van der Waals surface area (Å²) < 4.78 is 15.4. The molecule has 3 N–H and O–H groups in total. The molecule has 0 aliphatic rings. The van der Waals surface area contributed by atoms with E-state index in [-0.39, 0.29) is 31.2 Å². The van der Waals surface area contributed by atoms with Crippen molar-refractivity contribution >= 4 is 54.2 Å². The molecule has 0 fully saturated rings. The first-order valence-electron chi connectivity index (χ1n) is 6.19. The molecule has 0 spiro atoms. The van der Waals surface area contributed by atoms with Gasteiger partial charge < -0.3 is 14.9 Å². The largest absolute Gasteiger partial charge is 0.469 e. The number of halogens is 4. The first-order chi connectivity index (χ1) is 9.37. The van der Waals surface area contributed by atoms with Crippen LogP contribution in [0.1, 0.15) is 26.7 Å². The number of hydrogen-bond donors (Lipinski definition) is 3. The van der Waals surface area contributed by atoms with Crippen LogP contribution in [0.2, 0.25) is 0 Å². The van der Waals surface area contributed by atoms with E-state index in [0.29, 0.717) is 0 Å². The van der Waals surface area contributed by atoms with Crippen LogP contribution in [0.3, 0.4) is 0 Å². The Hall–Kier alpha value is 1.23. The fraction of sp³-hybridized carbons (Fsp3) is 1.00. The van der Waals surface area contributed by atoms with Crippen LogP contribution in [-0.2, 0) is 9.09 Å². The Balaban J connectivity index is 5.19. The maximum Gasteiger partial charge on any atom is 0.469 e. The lowest BCUT2D eigenvalue weighted by Crippen LogP contribution is -2.50. The smallest absolute Gasteiger partial charge is 0.389 e. The molecular formula is C11H21Cl4O5P. The van der Waals surface area contributed by atoms with Gasteiger partial charge in [0, 0.05) is 27.9 Å². The van der Waals surface area contributed by atoms with E-state index >= 15 is 0 Å². The summed E-state index contributed by atoms with van der Waals surface area (Å²) in [5.41, 5.74) is -2.46. The van der Waals surface area contributed by atoms with Gasteiger partial charge in [-0.2, -0.15) is 0 Å². The summed E-state index contributed by atoms with van der Waals surface area (Å²) in [5, 5.41) is 9.87. The van der Waals surface area contributed by atoms with Crippen molar-refractivity contribution in [2.24, 2.45) is 5.41 Å². The summed E-state index contributed by atoms with van der Waals surface area (Å²) >= 11 is 23.4. The van der Waals surface area contributed by atoms with Crippen molar-refractivity contribution in [2.75, 3.05) is 18.4 Å². The van der Waals surface area contributed by atoms with E-state index in [1.54, 1.807) is 13.8 Å². The van der Waals surface area contributed by atoms with Gasteiger partial charge in [-0.3, -0.25) is 4.52 Å². The Morgan fingerprint density at radius 1 is 1.10 bits per heavy atom. The fourth-order valence-electron chi connectivity index (χ4n) is 1.86. The molecule has 0 saturated heterocycles. The Morgan fingerprint density at radius 2 is 1.48 bits per heavy atom. The zero-order chi connectivity index (χ0) is 16.9. The molecule has 0 radical (unpaired) electrons. The fourth-order valence-corrected chi connectivity index (χ4v) is 3.08. The average Bonchev–Trinajstić information content (AvgIpc) is 2.35. The van der Waals surface area contributed by atoms with Gasteiger partial charge in [-0.05, 0) is 12.8 Å². The zero-order valence-corrected chi connectivity index (χ0v) is 15.7. The van der Waals surface area contributed by atoms with E-state index in [0.717, 1.165) is 0 Å². The van der Waals surface area contributed by atoms with Crippen LogP contribution in [0.5, 0.6) is 0 Å². The SMILES string of the molecule is CC(C)(COP(=O)(O)O)C(O)(CC(Cl)CCl)CC(Cl)CCl. The molecule has 0 heterocycles. The van der Waals surface area contributed by atoms with Crippen molar-refractivity contribution in [1.82, 2.24) is 0 Å². The van der Waals surface area contributed by atoms with Gasteiger partial charge in [0.05, 0.1) is 12.2 Å². The van der Waals surface area contributed by atoms with Gasteiger partial charge >= 0.3 is 7.82 Å². The summed E-state index contributed by atoms with van der Waals surface area (Å²) in [6, 6.07) is 0. The standard InChI is InChI=1S/C11H21Cl4O5P/c1-10(2,7-20-21(17,18)19)11(16,3-8(14)5-12)4-9(15)6-13/h8-9,16H,3-7H2,1-2H3,(H2,17,18,19). The Bertz CT molecular complexity index is 351. The van der Waals surface area contributed by atoms with Crippen molar-refractivity contribution < 1.29 is 24.0 Å². The highest BCUT2D eigenvalue weighted by atomic mass is 35.5. The molecule has 5 nitrogen and oxygen atoms in total. The molecule has 0 aliphatic carbocycles. The van der Waals surface area contributed by atoms with E-state index in [9.17, 15) is 9.67 Å². The van der Waals surface area contributed by atoms with Crippen molar-refractivity contribution in [1.29, 1.82) is 0 Å². The molecular weight excluding hydrogens is 385 g/mol. The first-order valence-corrected chi connectivity index (χ1v) is 9.66. The third-order valence-corrected chi connectivity index (χ3v) is 5.45. The van der Waals surface area contributed by atoms with Crippen LogP contribution < -0.4 is 0 Å². The summed E-state index contributed by atoms with van der Waals surface area (Å²) in [6.45, 7) is 2.85. The second-order valence-corrected chi connectivity index (χ2v) is 8.68. The van der Waals surface area contributed by atoms with Gasteiger partial charge in [-0.1, -0.05) is 13.8 Å². The van der Waals surface area contributed by atoms with Crippen LogP contribution in [0.4, 0.5) is 0 Å². The molecule has 0 aromatic carbocycles. The van der Waals surface area contributed by atoms with E-state index in [1.807, 2.05) is 0 Å². The number of rotatable bonds is 10. The van der Waals surface area contributed by atoms with E-state index < -0.39 is 29.6 Å². The van der Waals surface area contributed by atoms with E-state index in [1.165, 1.54) is 0 Å². The summed E-state index contributed by atoms with van der Waals surface area (Å²) in [7, 11) is -4.64. The van der Waals surface area contributed by atoms with Crippen molar-refractivity contribution in [2.45, 2.75) is 43.0 Å². The van der Waals surface area contributed by atoms with Crippen molar-refractivity contribution in [3.63, 3.8) is 0 Å². The maximum atomic E-state index is 10.9. The molecule has 0 aromatic heterocycles. The van der Waals surface area contributed by atoms with E-state index in [4.69, 9.17) is 56.2 Å². The molecule has 2 unspecified atom stereocenters. The minimum Gasteiger partial charge on any atom is -0.389 e. The van der Waals surface area contributed by atoms with Gasteiger partial charge in [-0.15, -0.1) is 46.4 Å². The zero-order valence-electron chi connectivity index (χ0n) is 11.8. The summed E-state index contributed by atoms with van der Waals surface area (Å²) in [5.74, 6) is 0.236. The minimum absolute atomic E-state index is 0.0929. The van der Waals surface area contributed by atoms with Crippen molar-refractivity contribution in [3.05, 3.63) is 0 Å². The topological polar surface area (TPSA) is 87.0 Å². The maximum absolute atomic E-state index is 10.9. The molecule has 21 heavy (non-hydrogen) atoms. The normalized spacial score (nSPS) is 19.1. The highest BCUT2D eigenvalue weighted by Crippen LogP contribution is 2.45. The highest BCUT2D eigenvalue weighted by molar-refractivity contribution is 7.46. The molecule has 0 aliphatic heterocycles. The molecule has 0 amide bonds. The van der Waals surface area contributed by atoms with Crippen LogP contribution in [-0.4, -0.2) is 49.6 Å². The number of aliphatic hydroxyl groups is 1. The quantitative estimate of drug-likeness (QED) is 0.383. The third kappa shape index (κ3) is 8.05. The Morgan fingerprint density at radius 3 is 1.76 bits per heavy atom. The number of phosphoric acid groups is 1. The lowest BCUT2D eigenvalue weighted by Gasteiger charge is -2.44. The number of phosphoric ester groups is 1. The predicted octanol–water partition coefficient (Wildman–Crippen LogP) is 3.33. The first kappa shape index (κ1) is 22.2. The molecule has 0 rings (SSSR count). The lowest BCUT2D eigenvalue weighted by molar-refractivity contribution is -0.0990. The second kappa shape index (κ2) is 8.91. The summed E-state index contributed by atoms with van der Waals surface area (Å²) in [6.07, 6.45) is 0.186. The van der Waals surface area contributed by atoms with Crippen LogP contribution >= 0.6 is 54.2 Å². The minimum atomic E-state index is -4.64. The average molecular weight is 406 g/mol. The van der Waals surface area contributed by atoms with Gasteiger partial charge in [0.1, 0.15) is 0 Å². The van der Waals surface area contributed by atoms with Gasteiger partial charge in [0.2, 0.25) is 0 Å². The van der Waals surface area contributed by atoms with Gasteiger partial charge in [-0.25, -0.2) is 4.57 Å². The molecule has 0 aromatic rings. The van der Waals surface area contributed by atoms with Crippen molar-refractivity contribution in [3.8, 4) is 0 Å². The summed E-state index contributed by atoms with van der Waals surface area (Å²) in [4.78, 5) is 17.6. The molecule has 2 atom stereocenters. The van der Waals surface area contributed by atoms with Crippen LogP contribution in [0, 0.1) is 5.41 Å². The third-order valence-electron chi connectivity index (χ3n) is 3.31. The lowest BCUT2D eigenvalue weighted by atomic mass is 9.70. The number of alkyl halides is 4. The molecule has 0 saturated carbocycles. The van der Waals surface area contributed by atoms with E-state index in [2.05, 4.69) is 4.52 Å². The Labute approximate surface area is 145 Å². The monoisotopic (exact) mass is 404 g/mol. The van der Waals surface area contributed by atoms with Gasteiger partial charge in [0.25, 0.3) is 0 Å².